The third kappa shape index (κ3) is 3.76. The average molecular weight is 464 g/mol. The number of hydrogen-bond acceptors (Lipinski definition) is 4. The van der Waals surface area contributed by atoms with Crippen molar-refractivity contribution in [1.29, 1.82) is 0 Å². The zero-order valence-corrected chi connectivity index (χ0v) is 17.7. The molecule has 1 aliphatic rings. The van der Waals surface area contributed by atoms with Crippen molar-refractivity contribution >= 4 is 50.5 Å². The number of nitrogens with zero attached hydrogens (tertiary/aromatic N) is 3. The summed E-state index contributed by atoms with van der Waals surface area (Å²) in [4.78, 5) is 45.0. The van der Waals surface area contributed by atoms with E-state index < -0.39 is 17.4 Å². The number of para-hydroxylation sites is 1. The molecule has 7 heteroatoms. The maximum Gasteiger partial charge on any atom is 0.270 e. The second-order valence-electron chi connectivity index (χ2n) is 6.95. The fraction of sp³-hybridized carbons (Fsp3) is 0.130. The van der Waals surface area contributed by atoms with Gasteiger partial charge in [-0.15, -0.1) is 0 Å². The van der Waals surface area contributed by atoms with Gasteiger partial charge in [-0.1, -0.05) is 40.2 Å². The molecule has 1 amide bonds. The van der Waals surface area contributed by atoms with Crippen LogP contribution in [0.25, 0.3) is 10.9 Å². The summed E-state index contributed by atoms with van der Waals surface area (Å²) in [5.41, 5.74) is 0.428. The molecule has 2 heterocycles. The van der Waals surface area contributed by atoms with Crippen LogP contribution >= 0.6 is 15.9 Å². The number of amides is 1. The van der Waals surface area contributed by atoms with Crippen molar-refractivity contribution in [3.8, 4) is 0 Å². The molecule has 4 rings (SSSR count). The molecule has 2 aromatic carbocycles. The molecule has 1 unspecified atom stereocenters. The van der Waals surface area contributed by atoms with Crippen molar-refractivity contribution in [2.24, 2.45) is 4.99 Å². The highest BCUT2D eigenvalue weighted by Crippen LogP contribution is 2.20. The predicted molar refractivity (Wildman–Crippen MR) is 122 cm³/mol. The van der Waals surface area contributed by atoms with Crippen LogP contribution in [0.15, 0.2) is 81.0 Å². The van der Waals surface area contributed by atoms with Crippen LogP contribution in [0, 0.1) is 0 Å². The first kappa shape index (κ1) is 20.0. The van der Waals surface area contributed by atoms with Crippen LogP contribution in [0.4, 0.5) is 5.69 Å². The lowest BCUT2D eigenvalue weighted by Crippen LogP contribution is -2.37. The van der Waals surface area contributed by atoms with E-state index in [1.807, 2.05) is 12.1 Å². The van der Waals surface area contributed by atoms with Gasteiger partial charge >= 0.3 is 0 Å². The third-order valence-corrected chi connectivity index (χ3v) is 5.52. The Bertz CT molecular complexity index is 1250. The Morgan fingerprint density at radius 2 is 1.87 bits per heavy atom. The monoisotopic (exact) mass is 463 g/mol. The van der Waals surface area contributed by atoms with Gasteiger partial charge in [-0.3, -0.25) is 19.4 Å². The lowest BCUT2D eigenvalue weighted by Gasteiger charge is -2.19. The smallest absolute Gasteiger partial charge is 0.270 e. The number of fused-ring (bicyclic) bond motifs is 1. The van der Waals surface area contributed by atoms with Crippen molar-refractivity contribution in [2.45, 2.75) is 12.5 Å². The molecule has 3 aromatic rings. The third-order valence-electron chi connectivity index (χ3n) is 4.99. The van der Waals surface area contributed by atoms with E-state index >= 15 is 0 Å². The average Bonchev–Trinajstić information content (AvgIpc) is 3.25. The van der Waals surface area contributed by atoms with Gasteiger partial charge in [0.15, 0.2) is 0 Å². The van der Waals surface area contributed by atoms with Gasteiger partial charge in [-0.25, -0.2) is 4.57 Å². The number of halogens is 1. The molecule has 0 radical (unpaired) electrons. The highest BCUT2D eigenvalue weighted by molar-refractivity contribution is 9.10. The van der Waals surface area contributed by atoms with Crippen LogP contribution in [0.2, 0.25) is 0 Å². The normalized spacial score (nSPS) is 14.9. The Hall–Kier alpha value is -3.32. The molecular formula is C23H18BrN3O3. The molecule has 150 valence electrons. The first-order valence-corrected chi connectivity index (χ1v) is 10.2. The van der Waals surface area contributed by atoms with Crippen molar-refractivity contribution in [3.05, 3.63) is 87.1 Å². The number of carbonyl (C=O) groups excluding carboxylic acids is 2. The number of benzene rings is 2. The van der Waals surface area contributed by atoms with E-state index in [1.54, 1.807) is 67.9 Å². The molecule has 30 heavy (non-hydrogen) atoms. The second kappa shape index (κ2) is 8.20. The zero-order valence-electron chi connectivity index (χ0n) is 16.2. The number of anilines is 1. The van der Waals surface area contributed by atoms with E-state index in [0.29, 0.717) is 16.6 Å². The fourth-order valence-corrected chi connectivity index (χ4v) is 3.67. The maximum absolute atomic E-state index is 13.3. The van der Waals surface area contributed by atoms with Crippen LogP contribution in [-0.2, 0) is 0 Å². The van der Waals surface area contributed by atoms with E-state index in [1.165, 1.54) is 4.90 Å². The zero-order chi connectivity index (χ0) is 21.3. The predicted octanol–water partition coefficient (Wildman–Crippen LogP) is 4.08. The number of pyridine rings is 1. The van der Waals surface area contributed by atoms with Crippen LogP contribution in [0.5, 0.6) is 0 Å². The summed E-state index contributed by atoms with van der Waals surface area (Å²) in [6, 6.07) is 15.5. The lowest BCUT2D eigenvalue weighted by atomic mass is 10.1. The van der Waals surface area contributed by atoms with Crippen molar-refractivity contribution in [3.63, 3.8) is 0 Å². The minimum Gasteiger partial charge on any atom is -0.311 e. The van der Waals surface area contributed by atoms with Gasteiger partial charge in [0.1, 0.15) is 5.56 Å². The Labute approximate surface area is 181 Å². The molecule has 0 spiro atoms. The Balaban J connectivity index is 1.79. The lowest BCUT2D eigenvalue weighted by molar-refractivity contribution is 0.0900. The number of rotatable bonds is 4. The minimum absolute atomic E-state index is 0.0527. The van der Waals surface area contributed by atoms with E-state index in [4.69, 9.17) is 0 Å². The first-order valence-electron chi connectivity index (χ1n) is 9.37. The summed E-state index contributed by atoms with van der Waals surface area (Å²) >= 11 is 3.37. The van der Waals surface area contributed by atoms with Gasteiger partial charge in [0.05, 0.1) is 18.0 Å². The van der Waals surface area contributed by atoms with Crippen molar-refractivity contribution in [1.82, 2.24) is 4.57 Å². The molecule has 0 fully saturated rings. The fourth-order valence-electron chi connectivity index (χ4n) is 3.40. The summed E-state index contributed by atoms with van der Waals surface area (Å²) in [5.74, 6) is -0.876. The molecule has 0 saturated carbocycles. The van der Waals surface area contributed by atoms with Crippen LogP contribution in [0.1, 0.15) is 21.6 Å². The molecule has 1 aromatic heterocycles. The van der Waals surface area contributed by atoms with E-state index in [0.717, 1.165) is 9.04 Å². The molecule has 1 atom stereocenters. The number of aliphatic imine (C=N–C) groups is 1. The first-order chi connectivity index (χ1) is 14.5. The van der Waals surface area contributed by atoms with Gasteiger partial charge in [0.25, 0.3) is 11.5 Å². The molecule has 0 saturated heterocycles. The van der Waals surface area contributed by atoms with Crippen LogP contribution in [-0.4, -0.2) is 35.7 Å². The minimum atomic E-state index is -0.626. The van der Waals surface area contributed by atoms with E-state index in [2.05, 4.69) is 20.9 Å². The number of carbonyl (C=O) groups is 2. The summed E-state index contributed by atoms with van der Waals surface area (Å²) in [5, 5.41) is 0.642. The van der Waals surface area contributed by atoms with E-state index in [9.17, 15) is 14.4 Å². The molecule has 0 bridgehead atoms. The number of aromatic nitrogens is 1. The number of hydrogen-bond donors (Lipinski definition) is 0. The largest absolute Gasteiger partial charge is 0.311 e. The van der Waals surface area contributed by atoms with Gasteiger partial charge in [-0.2, -0.15) is 0 Å². The molecule has 0 N–H and O–H groups in total. The van der Waals surface area contributed by atoms with Gasteiger partial charge < -0.3 is 4.90 Å². The Kier molecular flexibility index (Phi) is 5.46. The van der Waals surface area contributed by atoms with Gasteiger partial charge in [0.2, 0.25) is 5.91 Å². The summed E-state index contributed by atoms with van der Waals surface area (Å²) in [6.45, 7) is 0. The molecular weight excluding hydrogens is 446 g/mol. The standard InChI is InChI=1S/C23H18BrN3O3/c1-26(18-10-8-16(24)9-11-18)22(29)19-13-15-5-2-3-7-20(15)27(23(19)30)21(28)14-17-6-4-12-25-17/h2-13,17H,14H2,1H3. The summed E-state index contributed by atoms with van der Waals surface area (Å²) < 4.78 is 1.98. The van der Waals surface area contributed by atoms with E-state index in [-0.39, 0.29) is 18.0 Å². The van der Waals surface area contributed by atoms with Crippen molar-refractivity contribution < 1.29 is 9.59 Å². The highest BCUT2D eigenvalue weighted by Gasteiger charge is 2.23. The van der Waals surface area contributed by atoms with Gasteiger partial charge in [0, 0.05) is 23.4 Å². The quantitative estimate of drug-likeness (QED) is 0.584. The van der Waals surface area contributed by atoms with Crippen LogP contribution < -0.4 is 10.5 Å². The second-order valence-corrected chi connectivity index (χ2v) is 7.86. The van der Waals surface area contributed by atoms with Crippen LogP contribution in [0.3, 0.4) is 0 Å². The summed E-state index contributed by atoms with van der Waals surface area (Å²) in [7, 11) is 1.60. The van der Waals surface area contributed by atoms with Crippen molar-refractivity contribution in [2.75, 3.05) is 11.9 Å². The number of allylic oxidation sites excluding steroid dienone is 1. The molecule has 0 aliphatic carbocycles. The SMILES string of the molecule is CN(C(=O)c1cc2ccccc2n(C(=O)CC2C=CC=N2)c1=O)c1ccc(Br)cc1. The molecule has 6 nitrogen and oxygen atoms in total. The summed E-state index contributed by atoms with van der Waals surface area (Å²) in [6.07, 6.45) is 5.26. The van der Waals surface area contributed by atoms with Gasteiger partial charge in [-0.05, 0) is 47.9 Å². The molecule has 1 aliphatic heterocycles. The Morgan fingerprint density at radius 3 is 2.57 bits per heavy atom. The topological polar surface area (TPSA) is 71.7 Å². The highest BCUT2D eigenvalue weighted by atomic mass is 79.9. The maximum atomic E-state index is 13.3. The Morgan fingerprint density at radius 1 is 1.13 bits per heavy atom.